The first kappa shape index (κ1) is 19.4. The summed E-state index contributed by atoms with van der Waals surface area (Å²) in [7, 11) is 0. The highest BCUT2D eigenvalue weighted by Crippen LogP contribution is 2.31. The van der Waals surface area contributed by atoms with E-state index < -0.39 is 11.4 Å². The van der Waals surface area contributed by atoms with Crippen LogP contribution in [0.25, 0.3) is 0 Å². The summed E-state index contributed by atoms with van der Waals surface area (Å²) in [6, 6.07) is 13.8. The van der Waals surface area contributed by atoms with Crippen LogP contribution in [0.3, 0.4) is 0 Å². The van der Waals surface area contributed by atoms with E-state index in [9.17, 15) is 19.5 Å². The number of rotatable bonds is 4. The molecule has 0 aromatic heterocycles. The third kappa shape index (κ3) is 4.14. The van der Waals surface area contributed by atoms with E-state index in [1.807, 2.05) is 19.1 Å². The number of likely N-dealkylation sites (tertiary alicyclic amines) is 1. The van der Waals surface area contributed by atoms with E-state index in [-0.39, 0.29) is 18.5 Å². The second-order valence-corrected chi connectivity index (χ2v) is 7.32. The predicted octanol–water partition coefficient (Wildman–Crippen LogP) is 3.58. The lowest BCUT2D eigenvalue weighted by Gasteiger charge is -2.21. The number of amides is 3. The lowest BCUT2D eigenvalue weighted by atomic mass is 9.90. The van der Waals surface area contributed by atoms with Gasteiger partial charge in [-0.2, -0.15) is 0 Å². The van der Waals surface area contributed by atoms with Crippen molar-refractivity contribution in [3.8, 4) is 0 Å². The maximum absolute atomic E-state index is 12.6. The van der Waals surface area contributed by atoms with Gasteiger partial charge in [0, 0.05) is 30.0 Å². The largest absolute Gasteiger partial charge is 0.481 e. The summed E-state index contributed by atoms with van der Waals surface area (Å²) in [5, 5.41) is 15.0. The molecular weight excluding hydrogens is 358 g/mol. The molecule has 3 amide bonds. The van der Waals surface area contributed by atoms with Crippen molar-refractivity contribution < 1.29 is 19.5 Å². The zero-order valence-corrected chi connectivity index (χ0v) is 15.9. The van der Waals surface area contributed by atoms with E-state index in [1.54, 1.807) is 43.3 Å². The number of carboxylic acids is 1. The van der Waals surface area contributed by atoms with Gasteiger partial charge in [0.15, 0.2) is 0 Å². The molecule has 1 aliphatic heterocycles. The van der Waals surface area contributed by atoms with Crippen LogP contribution in [0.5, 0.6) is 0 Å². The topological polar surface area (TPSA) is 98.7 Å². The second kappa shape index (κ2) is 7.72. The number of nitrogens with one attached hydrogen (secondary N) is 2. The highest BCUT2D eigenvalue weighted by Gasteiger charge is 2.42. The lowest BCUT2D eigenvalue weighted by Crippen LogP contribution is -2.37. The van der Waals surface area contributed by atoms with Crippen LogP contribution >= 0.6 is 0 Å². The van der Waals surface area contributed by atoms with Crippen molar-refractivity contribution in [3.05, 3.63) is 59.7 Å². The molecule has 1 unspecified atom stereocenters. The summed E-state index contributed by atoms with van der Waals surface area (Å²) >= 11 is 0. The van der Waals surface area contributed by atoms with Gasteiger partial charge in [-0.3, -0.25) is 9.59 Å². The number of benzene rings is 2. The molecule has 1 aliphatic rings. The van der Waals surface area contributed by atoms with E-state index in [2.05, 4.69) is 10.6 Å². The molecule has 1 saturated heterocycles. The third-order valence-electron chi connectivity index (χ3n) is 5.05. The summed E-state index contributed by atoms with van der Waals surface area (Å²) < 4.78 is 0. The Morgan fingerprint density at radius 1 is 1.07 bits per heavy atom. The zero-order valence-electron chi connectivity index (χ0n) is 15.9. The molecule has 28 heavy (non-hydrogen) atoms. The van der Waals surface area contributed by atoms with E-state index in [4.69, 9.17) is 0 Å². The number of carbonyl (C=O) groups is 3. The van der Waals surface area contributed by atoms with E-state index in [1.165, 1.54) is 4.90 Å². The molecule has 3 N–H and O–H groups in total. The number of hydrogen-bond donors (Lipinski definition) is 3. The minimum atomic E-state index is -0.919. The van der Waals surface area contributed by atoms with Gasteiger partial charge < -0.3 is 20.6 Å². The average Bonchev–Trinajstić information content (AvgIpc) is 3.09. The van der Waals surface area contributed by atoms with Gasteiger partial charge in [-0.1, -0.05) is 24.3 Å². The lowest BCUT2D eigenvalue weighted by molar-refractivity contribution is -0.146. The maximum atomic E-state index is 12.6. The Morgan fingerprint density at radius 3 is 2.43 bits per heavy atom. The van der Waals surface area contributed by atoms with Gasteiger partial charge in [-0.15, -0.1) is 0 Å². The Balaban J connectivity index is 1.69. The summed E-state index contributed by atoms with van der Waals surface area (Å²) in [5.41, 5.74) is 1.59. The summed E-state index contributed by atoms with van der Waals surface area (Å²) in [6.07, 6.45) is 0.419. The van der Waals surface area contributed by atoms with E-state index >= 15 is 0 Å². The molecule has 0 bridgehead atoms. The van der Waals surface area contributed by atoms with Crippen molar-refractivity contribution in [1.82, 2.24) is 4.90 Å². The number of aliphatic carboxylic acids is 1. The number of anilines is 2. The van der Waals surface area contributed by atoms with Crippen LogP contribution in [-0.2, 0) is 4.79 Å². The Hall–Kier alpha value is -3.35. The summed E-state index contributed by atoms with van der Waals surface area (Å²) in [5.74, 6) is -1.14. The highest BCUT2D eigenvalue weighted by molar-refractivity contribution is 6.04. The minimum Gasteiger partial charge on any atom is -0.481 e. The van der Waals surface area contributed by atoms with Crippen LogP contribution in [-0.4, -0.2) is 41.0 Å². The fourth-order valence-corrected chi connectivity index (χ4v) is 3.13. The first-order chi connectivity index (χ1) is 13.3. The monoisotopic (exact) mass is 381 g/mol. The molecule has 2 aromatic carbocycles. The molecule has 146 valence electrons. The van der Waals surface area contributed by atoms with E-state index in [0.717, 1.165) is 5.56 Å². The number of urea groups is 1. The van der Waals surface area contributed by atoms with Crippen LogP contribution in [0.4, 0.5) is 16.2 Å². The van der Waals surface area contributed by atoms with Crippen molar-refractivity contribution in [1.29, 1.82) is 0 Å². The van der Waals surface area contributed by atoms with Gasteiger partial charge >= 0.3 is 12.0 Å². The number of carboxylic acid groups (broad SMARTS) is 1. The smallest absolute Gasteiger partial charge is 0.321 e. The van der Waals surface area contributed by atoms with Gasteiger partial charge in [0.1, 0.15) is 0 Å². The minimum absolute atomic E-state index is 0.164. The Morgan fingerprint density at radius 2 is 1.79 bits per heavy atom. The Kier molecular flexibility index (Phi) is 5.35. The SMILES string of the molecule is Cc1ccc(NC(=O)c2ccccc2)cc1NC(=O)N1CCC(C)(C(=O)O)C1. The standard InChI is InChI=1S/C21H23N3O4/c1-14-8-9-16(22-18(25)15-6-4-3-5-7-15)12-17(14)23-20(28)24-11-10-21(2,13-24)19(26)27/h3-9,12H,10-11,13H2,1-2H3,(H,22,25)(H,23,28)(H,26,27). The fourth-order valence-electron chi connectivity index (χ4n) is 3.13. The van der Waals surface area contributed by atoms with Gasteiger partial charge in [0.2, 0.25) is 0 Å². The van der Waals surface area contributed by atoms with Gasteiger partial charge in [-0.05, 0) is 50.1 Å². The predicted molar refractivity (Wildman–Crippen MR) is 107 cm³/mol. The van der Waals surface area contributed by atoms with Crippen molar-refractivity contribution in [3.63, 3.8) is 0 Å². The van der Waals surface area contributed by atoms with Crippen molar-refractivity contribution in [2.45, 2.75) is 20.3 Å². The second-order valence-electron chi connectivity index (χ2n) is 7.32. The Labute approximate surface area is 163 Å². The molecule has 2 aromatic rings. The first-order valence-electron chi connectivity index (χ1n) is 9.05. The van der Waals surface area contributed by atoms with E-state index in [0.29, 0.717) is 29.9 Å². The normalized spacial score (nSPS) is 18.6. The van der Waals surface area contributed by atoms with Crippen LogP contribution in [0.1, 0.15) is 29.3 Å². The molecule has 1 atom stereocenters. The molecule has 0 saturated carbocycles. The maximum Gasteiger partial charge on any atom is 0.321 e. The molecule has 7 nitrogen and oxygen atoms in total. The van der Waals surface area contributed by atoms with Gasteiger partial charge in [0.05, 0.1) is 5.41 Å². The Bertz CT molecular complexity index is 913. The number of carbonyl (C=O) groups excluding carboxylic acids is 2. The molecule has 0 aliphatic carbocycles. The summed E-state index contributed by atoms with van der Waals surface area (Å²) in [4.78, 5) is 37.8. The average molecular weight is 381 g/mol. The van der Waals surface area contributed by atoms with Crippen LogP contribution in [0, 0.1) is 12.3 Å². The number of hydrogen-bond acceptors (Lipinski definition) is 3. The molecule has 0 radical (unpaired) electrons. The fraction of sp³-hybridized carbons (Fsp3) is 0.286. The summed E-state index contributed by atoms with van der Waals surface area (Å²) in [6.45, 7) is 4.05. The molecule has 1 fully saturated rings. The van der Waals surface area contributed by atoms with Crippen LogP contribution in [0.2, 0.25) is 0 Å². The highest BCUT2D eigenvalue weighted by atomic mass is 16.4. The third-order valence-corrected chi connectivity index (χ3v) is 5.05. The molecule has 1 heterocycles. The molecule has 0 spiro atoms. The van der Waals surface area contributed by atoms with Crippen molar-refractivity contribution in [2.24, 2.45) is 5.41 Å². The van der Waals surface area contributed by atoms with Gasteiger partial charge in [-0.25, -0.2) is 4.79 Å². The molecule has 7 heteroatoms. The zero-order chi connectivity index (χ0) is 20.3. The number of nitrogens with zero attached hydrogens (tertiary/aromatic N) is 1. The van der Waals surface area contributed by atoms with Crippen molar-refractivity contribution >= 4 is 29.3 Å². The van der Waals surface area contributed by atoms with Crippen LogP contribution in [0.15, 0.2) is 48.5 Å². The van der Waals surface area contributed by atoms with Gasteiger partial charge in [0.25, 0.3) is 5.91 Å². The molecular formula is C21H23N3O4. The van der Waals surface area contributed by atoms with Crippen LogP contribution < -0.4 is 10.6 Å². The number of aryl methyl sites for hydroxylation is 1. The first-order valence-corrected chi connectivity index (χ1v) is 9.05. The molecule has 3 rings (SSSR count). The van der Waals surface area contributed by atoms with Crippen molar-refractivity contribution in [2.75, 3.05) is 23.7 Å². The quantitative estimate of drug-likeness (QED) is 0.754.